The van der Waals surface area contributed by atoms with E-state index >= 15 is 0 Å². The van der Waals surface area contributed by atoms with Crippen molar-refractivity contribution in [3.63, 3.8) is 0 Å². The number of nitrogens with one attached hydrogen (secondary N) is 1. The molecular weight excluding hydrogens is 294 g/mol. The Bertz CT molecular complexity index is 583. The molecule has 0 aliphatic rings. The van der Waals surface area contributed by atoms with E-state index in [4.69, 9.17) is 9.47 Å². The summed E-state index contributed by atoms with van der Waals surface area (Å²) < 4.78 is 36.8. The summed E-state index contributed by atoms with van der Waals surface area (Å²) in [6.07, 6.45) is 0.563. The first-order valence-electron chi connectivity index (χ1n) is 6.70. The Labute approximate surface area is 125 Å². The highest BCUT2D eigenvalue weighted by atomic mass is 32.2. The minimum absolute atomic E-state index is 0.0983. The van der Waals surface area contributed by atoms with Gasteiger partial charge in [0.2, 0.25) is 10.0 Å². The maximum atomic E-state index is 12.2. The largest absolute Gasteiger partial charge is 0.495 e. The summed E-state index contributed by atoms with van der Waals surface area (Å²) in [5.74, 6) is -0.0386. The number of carbonyl (C=O) groups excluding carboxylic acids is 1. The number of ether oxygens (including phenoxy) is 2. The third-order valence-electron chi connectivity index (χ3n) is 2.76. The van der Waals surface area contributed by atoms with E-state index in [0.717, 1.165) is 5.56 Å². The van der Waals surface area contributed by atoms with Gasteiger partial charge in [-0.2, -0.15) is 0 Å². The lowest BCUT2D eigenvalue weighted by Crippen LogP contribution is -2.26. The summed E-state index contributed by atoms with van der Waals surface area (Å²) in [5, 5.41) is 0. The van der Waals surface area contributed by atoms with Crippen molar-refractivity contribution in [3.05, 3.63) is 23.8 Å². The minimum Gasteiger partial charge on any atom is -0.495 e. The number of sulfonamides is 1. The van der Waals surface area contributed by atoms with Crippen LogP contribution in [0.15, 0.2) is 23.1 Å². The van der Waals surface area contributed by atoms with E-state index < -0.39 is 10.0 Å². The van der Waals surface area contributed by atoms with Crippen molar-refractivity contribution < 1.29 is 22.7 Å². The lowest BCUT2D eigenvalue weighted by molar-refractivity contribution is -0.143. The second-order valence-electron chi connectivity index (χ2n) is 4.46. The number of benzene rings is 1. The molecule has 21 heavy (non-hydrogen) atoms. The molecule has 0 atom stereocenters. The zero-order valence-corrected chi connectivity index (χ0v) is 13.3. The maximum Gasteiger partial charge on any atom is 0.305 e. The van der Waals surface area contributed by atoms with Crippen LogP contribution in [0.25, 0.3) is 0 Å². The monoisotopic (exact) mass is 315 g/mol. The molecular formula is C14H21NO5S. The highest BCUT2D eigenvalue weighted by Gasteiger charge is 2.19. The van der Waals surface area contributed by atoms with Crippen molar-refractivity contribution in [1.29, 1.82) is 0 Å². The van der Waals surface area contributed by atoms with E-state index in [9.17, 15) is 13.2 Å². The van der Waals surface area contributed by atoms with Gasteiger partial charge < -0.3 is 9.47 Å². The Hall–Kier alpha value is -1.60. The van der Waals surface area contributed by atoms with Gasteiger partial charge in [0.05, 0.1) is 13.7 Å². The SMILES string of the molecule is CCOC(=O)CCCNS(=O)(=O)c1cc(C)ccc1OC. The molecule has 0 amide bonds. The smallest absolute Gasteiger partial charge is 0.305 e. The van der Waals surface area contributed by atoms with Crippen LogP contribution in [0.2, 0.25) is 0 Å². The van der Waals surface area contributed by atoms with Crippen molar-refractivity contribution in [3.8, 4) is 5.75 Å². The predicted molar refractivity (Wildman–Crippen MR) is 78.8 cm³/mol. The average molecular weight is 315 g/mol. The van der Waals surface area contributed by atoms with E-state index in [1.165, 1.54) is 7.11 Å². The summed E-state index contributed by atoms with van der Waals surface area (Å²) in [5.41, 5.74) is 0.822. The summed E-state index contributed by atoms with van der Waals surface area (Å²) in [7, 11) is -2.24. The van der Waals surface area contributed by atoms with E-state index in [2.05, 4.69) is 4.72 Å². The Balaban J connectivity index is 2.66. The third kappa shape index (κ3) is 5.35. The van der Waals surface area contributed by atoms with E-state index in [0.29, 0.717) is 18.8 Å². The summed E-state index contributed by atoms with van der Waals surface area (Å²) in [6, 6.07) is 4.94. The number of hydrogen-bond donors (Lipinski definition) is 1. The molecule has 0 unspecified atom stereocenters. The van der Waals surface area contributed by atoms with Crippen LogP contribution in [-0.2, 0) is 19.6 Å². The molecule has 0 aromatic heterocycles. The van der Waals surface area contributed by atoms with Gasteiger partial charge in [-0.05, 0) is 38.0 Å². The molecule has 0 aliphatic heterocycles. The van der Waals surface area contributed by atoms with Gasteiger partial charge in [0.1, 0.15) is 10.6 Å². The van der Waals surface area contributed by atoms with E-state index in [1.807, 2.05) is 0 Å². The van der Waals surface area contributed by atoms with Crippen LogP contribution in [0.1, 0.15) is 25.3 Å². The highest BCUT2D eigenvalue weighted by molar-refractivity contribution is 7.89. The molecule has 118 valence electrons. The van der Waals surface area contributed by atoms with Gasteiger partial charge in [-0.25, -0.2) is 13.1 Å². The zero-order valence-electron chi connectivity index (χ0n) is 12.5. The number of rotatable bonds is 8. The average Bonchev–Trinajstić information content (AvgIpc) is 2.44. The summed E-state index contributed by atoms with van der Waals surface area (Å²) >= 11 is 0. The topological polar surface area (TPSA) is 81.7 Å². The van der Waals surface area contributed by atoms with Crippen molar-refractivity contribution in [2.24, 2.45) is 0 Å². The molecule has 0 spiro atoms. The van der Waals surface area contributed by atoms with Gasteiger partial charge >= 0.3 is 5.97 Å². The van der Waals surface area contributed by atoms with Crippen LogP contribution in [-0.4, -0.2) is 34.6 Å². The molecule has 0 aliphatic carbocycles. The Kier molecular flexibility index (Phi) is 6.64. The number of aryl methyl sites for hydroxylation is 1. The Morgan fingerprint density at radius 1 is 1.33 bits per heavy atom. The number of carbonyl (C=O) groups is 1. The van der Waals surface area contributed by atoms with Crippen LogP contribution >= 0.6 is 0 Å². The van der Waals surface area contributed by atoms with Gasteiger partial charge in [-0.1, -0.05) is 6.07 Å². The molecule has 0 bridgehead atoms. The Morgan fingerprint density at radius 3 is 2.67 bits per heavy atom. The molecule has 1 aromatic rings. The molecule has 0 saturated carbocycles. The van der Waals surface area contributed by atoms with Crippen LogP contribution in [0, 0.1) is 6.92 Å². The van der Waals surface area contributed by atoms with Crippen LogP contribution < -0.4 is 9.46 Å². The number of esters is 1. The second-order valence-corrected chi connectivity index (χ2v) is 6.20. The Morgan fingerprint density at radius 2 is 2.05 bits per heavy atom. The van der Waals surface area contributed by atoms with Crippen molar-refractivity contribution in [2.45, 2.75) is 31.6 Å². The van der Waals surface area contributed by atoms with E-state index in [1.54, 1.807) is 32.0 Å². The van der Waals surface area contributed by atoms with Crippen molar-refractivity contribution in [1.82, 2.24) is 4.72 Å². The van der Waals surface area contributed by atoms with Gasteiger partial charge in [0.15, 0.2) is 0 Å². The quantitative estimate of drug-likeness (QED) is 0.582. The molecule has 1 N–H and O–H groups in total. The lowest BCUT2D eigenvalue weighted by atomic mass is 10.2. The molecule has 7 heteroatoms. The van der Waals surface area contributed by atoms with Crippen molar-refractivity contribution >= 4 is 16.0 Å². The van der Waals surface area contributed by atoms with Gasteiger partial charge in [0.25, 0.3) is 0 Å². The van der Waals surface area contributed by atoms with Gasteiger partial charge in [0, 0.05) is 13.0 Å². The lowest BCUT2D eigenvalue weighted by Gasteiger charge is -2.11. The highest BCUT2D eigenvalue weighted by Crippen LogP contribution is 2.24. The molecule has 1 rings (SSSR count). The fourth-order valence-corrected chi connectivity index (χ4v) is 3.07. The van der Waals surface area contributed by atoms with E-state index in [-0.39, 0.29) is 23.8 Å². The normalized spacial score (nSPS) is 11.2. The van der Waals surface area contributed by atoms with Crippen molar-refractivity contribution in [2.75, 3.05) is 20.3 Å². The first-order chi connectivity index (χ1) is 9.90. The predicted octanol–water partition coefficient (Wildman–Crippen LogP) is 1.63. The van der Waals surface area contributed by atoms with Gasteiger partial charge in [-0.3, -0.25) is 4.79 Å². The molecule has 0 fully saturated rings. The summed E-state index contributed by atoms with van der Waals surface area (Å²) in [4.78, 5) is 11.3. The molecule has 1 aromatic carbocycles. The van der Waals surface area contributed by atoms with Gasteiger partial charge in [-0.15, -0.1) is 0 Å². The zero-order chi connectivity index (χ0) is 15.9. The maximum absolute atomic E-state index is 12.2. The standard InChI is InChI=1S/C14H21NO5S/c1-4-20-14(16)6-5-9-15-21(17,18)13-10-11(2)7-8-12(13)19-3/h7-8,10,15H,4-6,9H2,1-3H3. The molecule has 0 heterocycles. The van der Waals surface area contributed by atoms with Crippen LogP contribution in [0.4, 0.5) is 0 Å². The second kappa shape index (κ2) is 7.99. The first kappa shape index (κ1) is 17.5. The first-order valence-corrected chi connectivity index (χ1v) is 8.19. The molecule has 0 saturated heterocycles. The summed E-state index contributed by atoms with van der Waals surface area (Å²) in [6.45, 7) is 4.02. The fraction of sp³-hybridized carbons (Fsp3) is 0.500. The minimum atomic E-state index is -3.66. The molecule has 6 nitrogen and oxygen atoms in total. The molecule has 0 radical (unpaired) electrons. The fourth-order valence-electron chi connectivity index (χ4n) is 1.74. The third-order valence-corrected chi connectivity index (χ3v) is 4.25. The van der Waals surface area contributed by atoms with Crippen LogP contribution in [0.3, 0.4) is 0 Å². The number of hydrogen-bond acceptors (Lipinski definition) is 5. The number of methoxy groups -OCH3 is 1. The van der Waals surface area contributed by atoms with Crippen LogP contribution in [0.5, 0.6) is 5.75 Å².